The SMILES string of the molecule is CCCC1CCN(C)C1C(=O)O.Cl. The molecule has 4 heteroatoms. The molecule has 2 atom stereocenters. The van der Waals surface area contributed by atoms with Crippen molar-refractivity contribution in [2.24, 2.45) is 5.92 Å². The van der Waals surface area contributed by atoms with Gasteiger partial charge in [0.25, 0.3) is 0 Å². The maximum Gasteiger partial charge on any atom is 0.321 e. The molecule has 0 amide bonds. The van der Waals surface area contributed by atoms with Crippen molar-refractivity contribution < 1.29 is 9.90 Å². The van der Waals surface area contributed by atoms with E-state index in [9.17, 15) is 4.79 Å². The predicted molar refractivity (Wildman–Crippen MR) is 54.3 cm³/mol. The van der Waals surface area contributed by atoms with E-state index in [1.807, 2.05) is 11.9 Å². The Kier molecular flexibility index (Phi) is 5.33. The van der Waals surface area contributed by atoms with Gasteiger partial charge in [-0.05, 0) is 32.4 Å². The van der Waals surface area contributed by atoms with E-state index in [-0.39, 0.29) is 18.4 Å². The first-order chi connectivity index (χ1) is 5.66. The minimum Gasteiger partial charge on any atom is -0.480 e. The van der Waals surface area contributed by atoms with Gasteiger partial charge < -0.3 is 5.11 Å². The fourth-order valence-electron chi connectivity index (χ4n) is 2.09. The molecule has 78 valence electrons. The first kappa shape index (κ1) is 12.7. The lowest BCUT2D eigenvalue weighted by atomic mass is 9.95. The predicted octanol–water partition coefficient (Wildman–Crippen LogP) is 1.61. The molecule has 0 aromatic carbocycles. The normalized spacial score (nSPS) is 28.5. The largest absolute Gasteiger partial charge is 0.480 e. The Morgan fingerprint density at radius 2 is 2.23 bits per heavy atom. The molecule has 0 aliphatic carbocycles. The number of rotatable bonds is 3. The Balaban J connectivity index is 0.00000144. The van der Waals surface area contributed by atoms with Gasteiger partial charge in [0, 0.05) is 0 Å². The van der Waals surface area contributed by atoms with Crippen LogP contribution in [0.5, 0.6) is 0 Å². The van der Waals surface area contributed by atoms with Crippen LogP contribution in [0.4, 0.5) is 0 Å². The van der Waals surface area contributed by atoms with Gasteiger partial charge in [0.15, 0.2) is 0 Å². The number of nitrogens with zero attached hydrogens (tertiary/aromatic N) is 1. The molecule has 1 heterocycles. The second-order valence-electron chi connectivity index (χ2n) is 3.60. The third kappa shape index (κ3) is 2.85. The minimum absolute atomic E-state index is 0. The summed E-state index contributed by atoms with van der Waals surface area (Å²) >= 11 is 0. The fraction of sp³-hybridized carbons (Fsp3) is 0.889. The average Bonchev–Trinajstić information content (AvgIpc) is 2.32. The maximum absolute atomic E-state index is 10.9. The van der Waals surface area contributed by atoms with E-state index < -0.39 is 5.97 Å². The van der Waals surface area contributed by atoms with Gasteiger partial charge in [-0.3, -0.25) is 9.69 Å². The molecule has 1 saturated heterocycles. The summed E-state index contributed by atoms with van der Waals surface area (Å²) in [7, 11) is 1.90. The van der Waals surface area contributed by atoms with E-state index >= 15 is 0 Å². The highest BCUT2D eigenvalue weighted by molar-refractivity contribution is 5.85. The van der Waals surface area contributed by atoms with Crippen molar-refractivity contribution >= 4 is 18.4 Å². The van der Waals surface area contributed by atoms with Crippen LogP contribution in [0.25, 0.3) is 0 Å². The summed E-state index contributed by atoms with van der Waals surface area (Å²) in [6.07, 6.45) is 3.17. The molecule has 3 nitrogen and oxygen atoms in total. The molecular formula is C9H18ClNO2. The minimum atomic E-state index is -0.659. The van der Waals surface area contributed by atoms with Crippen molar-refractivity contribution in [3.8, 4) is 0 Å². The molecule has 0 saturated carbocycles. The van der Waals surface area contributed by atoms with Crippen molar-refractivity contribution in [3.63, 3.8) is 0 Å². The van der Waals surface area contributed by atoms with E-state index in [0.717, 1.165) is 25.8 Å². The van der Waals surface area contributed by atoms with Gasteiger partial charge in [-0.15, -0.1) is 12.4 Å². The molecule has 0 bridgehead atoms. The van der Waals surface area contributed by atoms with Gasteiger partial charge in [0.05, 0.1) is 0 Å². The lowest BCUT2D eigenvalue weighted by Crippen LogP contribution is -2.36. The van der Waals surface area contributed by atoms with Gasteiger partial charge in [0.2, 0.25) is 0 Å². The Labute approximate surface area is 85.5 Å². The third-order valence-electron chi connectivity index (χ3n) is 2.69. The Morgan fingerprint density at radius 1 is 1.62 bits per heavy atom. The smallest absolute Gasteiger partial charge is 0.321 e. The molecule has 2 unspecified atom stereocenters. The van der Waals surface area contributed by atoms with Crippen LogP contribution in [0.2, 0.25) is 0 Å². The van der Waals surface area contributed by atoms with Crippen molar-refractivity contribution in [3.05, 3.63) is 0 Å². The molecule has 1 N–H and O–H groups in total. The average molecular weight is 208 g/mol. The zero-order valence-corrected chi connectivity index (χ0v) is 9.01. The topological polar surface area (TPSA) is 40.5 Å². The number of halogens is 1. The number of carboxylic acid groups (broad SMARTS) is 1. The summed E-state index contributed by atoms with van der Waals surface area (Å²) in [5.41, 5.74) is 0. The van der Waals surface area contributed by atoms with Gasteiger partial charge in [-0.2, -0.15) is 0 Å². The summed E-state index contributed by atoms with van der Waals surface area (Å²) in [4.78, 5) is 12.8. The van der Waals surface area contributed by atoms with Crippen LogP contribution in [0.3, 0.4) is 0 Å². The highest BCUT2D eigenvalue weighted by Crippen LogP contribution is 2.26. The third-order valence-corrected chi connectivity index (χ3v) is 2.69. The second-order valence-corrected chi connectivity index (χ2v) is 3.60. The molecule has 13 heavy (non-hydrogen) atoms. The van der Waals surface area contributed by atoms with E-state index in [0.29, 0.717) is 5.92 Å². The quantitative estimate of drug-likeness (QED) is 0.765. The number of likely N-dealkylation sites (tertiary alicyclic amines) is 1. The van der Waals surface area contributed by atoms with Gasteiger partial charge in [-0.25, -0.2) is 0 Å². The molecule has 1 rings (SSSR count). The molecule has 0 aromatic heterocycles. The van der Waals surface area contributed by atoms with Gasteiger partial charge in [-0.1, -0.05) is 13.3 Å². The summed E-state index contributed by atoms with van der Waals surface area (Å²) in [6, 6.07) is -0.232. The molecule has 1 fully saturated rings. The van der Waals surface area contributed by atoms with Crippen LogP contribution in [0.15, 0.2) is 0 Å². The first-order valence-corrected chi connectivity index (χ1v) is 4.59. The highest BCUT2D eigenvalue weighted by atomic mass is 35.5. The second kappa shape index (κ2) is 5.45. The number of aliphatic carboxylic acids is 1. The number of carboxylic acids is 1. The number of likely N-dealkylation sites (N-methyl/N-ethyl adjacent to an activating group) is 1. The van der Waals surface area contributed by atoms with Crippen LogP contribution >= 0.6 is 12.4 Å². The standard InChI is InChI=1S/C9H17NO2.ClH/c1-3-4-7-5-6-10(2)8(7)9(11)12;/h7-8H,3-6H2,1-2H3,(H,11,12);1H. The first-order valence-electron chi connectivity index (χ1n) is 4.59. The lowest BCUT2D eigenvalue weighted by Gasteiger charge is -2.19. The number of hydrogen-bond donors (Lipinski definition) is 1. The van der Waals surface area contributed by atoms with E-state index in [2.05, 4.69) is 6.92 Å². The fourth-order valence-corrected chi connectivity index (χ4v) is 2.09. The Bertz CT molecular complexity index is 173. The summed E-state index contributed by atoms with van der Waals surface area (Å²) in [5.74, 6) is -0.286. The zero-order valence-electron chi connectivity index (χ0n) is 8.19. The summed E-state index contributed by atoms with van der Waals surface area (Å²) in [5, 5.41) is 8.94. The van der Waals surface area contributed by atoms with Crippen molar-refractivity contribution in [2.75, 3.05) is 13.6 Å². The monoisotopic (exact) mass is 207 g/mol. The molecular weight excluding hydrogens is 190 g/mol. The van der Waals surface area contributed by atoms with Crippen LogP contribution in [0.1, 0.15) is 26.2 Å². The van der Waals surface area contributed by atoms with Crippen LogP contribution < -0.4 is 0 Å². The summed E-state index contributed by atoms with van der Waals surface area (Å²) < 4.78 is 0. The van der Waals surface area contributed by atoms with Crippen LogP contribution in [-0.4, -0.2) is 35.6 Å². The van der Waals surface area contributed by atoms with E-state index in [4.69, 9.17) is 5.11 Å². The Morgan fingerprint density at radius 3 is 2.69 bits per heavy atom. The summed E-state index contributed by atoms with van der Waals surface area (Å²) in [6.45, 7) is 3.04. The van der Waals surface area contributed by atoms with E-state index in [1.165, 1.54) is 0 Å². The lowest BCUT2D eigenvalue weighted by molar-refractivity contribution is -0.143. The van der Waals surface area contributed by atoms with Gasteiger partial charge in [0.1, 0.15) is 6.04 Å². The molecule has 0 radical (unpaired) electrons. The zero-order chi connectivity index (χ0) is 9.14. The van der Waals surface area contributed by atoms with Crippen molar-refractivity contribution in [1.29, 1.82) is 0 Å². The van der Waals surface area contributed by atoms with Crippen molar-refractivity contribution in [2.45, 2.75) is 32.2 Å². The molecule has 1 aliphatic heterocycles. The van der Waals surface area contributed by atoms with Crippen LogP contribution in [0, 0.1) is 5.92 Å². The maximum atomic E-state index is 10.9. The number of hydrogen-bond acceptors (Lipinski definition) is 2. The van der Waals surface area contributed by atoms with E-state index in [1.54, 1.807) is 0 Å². The molecule has 1 aliphatic rings. The Hall–Kier alpha value is -0.280. The van der Waals surface area contributed by atoms with Gasteiger partial charge >= 0.3 is 5.97 Å². The van der Waals surface area contributed by atoms with Crippen molar-refractivity contribution in [1.82, 2.24) is 4.90 Å². The molecule has 0 aromatic rings. The van der Waals surface area contributed by atoms with Crippen LogP contribution in [-0.2, 0) is 4.79 Å². The highest BCUT2D eigenvalue weighted by Gasteiger charge is 2.36. The number of carbonyl (C=O) groups is 1. The molecule has 0 spiro atoms.